The summed E-state index contributed by atoms with van der Waals surface area (Å²) in [6.45, 7) is 2.78. The molecule has 32 heavy (non-hydrogen) atoms. The minimum Gasteiger partial charge on any atom is -0.351 e. The van der Waals surface area contributed by atoms with Gasteiger partial charge in [0, 0.05) is 30.3 Å². The minimum atomic E-state index is -0.322. The summed E-state index contributed by atoms with van der Waals surface area (Å²) < 4.78 is 18.4. The molecule has 1 saturated heterocycles. The predicted molar refractivity (Wildman–Crippen MR) is 112 cm³/mol. The van der Waals surface area contributed by atoms with Crippen molar-refractivity contribution in [3.05, 3.63) is 70.8 Å². The van der Waals surface area contributed by atoms with E-state index in [2.05, 4.69) is 5.16 Å². The van der Waals surface area contributed by atoms with Gasteiger partial charge in [0.25, 0.3) is 5.91 Å². The van der Waals surface area contributed by atoms with Crippen LogP contribution in [0.15, 0.2) is 41.1 Å². The Labute approximate surface area is 184 Å². The summed E-state index contributed by atoms with van der Waals surface area (Å²) in [5.74, 6) is 0.671. The number of halogens is 1. The van der Waals surface area contributed by atoms with E-state index < -0.39 is 0 Å². The van der Waals surface area contributed by atoms with Crippen LogP contribution in [0, 0.1) is 12.7 Å². The maximum atomic E-state index is 13.3. The SMILES string of the molecule is Cc1nc([C@H]2CCCN2C(=O)c2ccno2)nc2c1CCC(=O)N2Cc1ccc(F)cc1. The van der Waals surface area contributed by atoms with Crippen LogP contribution in [0.5, 0.6) is 0 Å². The zero-order chi connectivity index (χ0) is 22.2. The fraction of sp³-hybridized carbons (Fsp3) is 0.348. The van der Waals surface area contributed by atoms with Gasteiger partial charge in [-0.1, -0.05) is 17.3 Å². The molecule has 0 N–H and O–H groups in total. The van der Waals surface area contributed by atoms with E-state index in [-0.39, 0.29) is 29.4 Å². The van der Waals surface area contributed by atoms with Crippen LogP contribution < -0.4 is 4.90 Å². The van der Waals surface area contributed by atoms with Crippen molar-refractivity contribution in [3.8, 4) is 0 Å². The van der Waals surface area contributed by atoms with Gasteiger partial charge in [-0.25, -0.2) is 14.4 Å². The number of likely N-dealkylation sites (tertiary alicyclic amines) is 1. The van der Waals surface area contributed by atoms with E-state index in [1.807, 2.05) is 6.92 Å². The Morgan fingerprint density at radius 3 is 2.75 bits per heavy atom. The molecule has 2 aliphatic heterocycles. The van der Waals surface area contributed by atoms with Gasteiger partial charge in [-0.2, -0.15) is 0 Å². The fourth-order valence-electron chi connectivity index (χ4n) is 4.43. The largest absolute Gasteiger partial charge is 0.351 e. The number of benzene rings is 1. The molecular weight excluding hydrogens is 413 g/mol. The molecule has 3 aromatic rings. The van der Waals surface area contributed by atoms with Gasteiger partial charge in [-0.15, -0.1) is 0 Å². The van der Waals surface area contributed by atoms with Crippen LogP contribution in [-0.4, -0.2) is 38.4 Å². The molecule has 0 bridgehead atoms. The summed E-state index contributed by atoms with van der Waals surface area (Å²) in [6.07, 6.45) is 3.94. The lowest BCUT2D eigenvalue weighted by molar-refractivity contribution is -0.119. The lowest BCUT2D eigenvalue weighted by atomic mass is 10.0. The van der Waals surface area contributed by atoms with Gasteiger partial charge in [0.1, 0.15) is 11.6 Å². The molecule has 2 amide bonds. The first-order valence-electron chi connectivity index (χ1n) is 10.6. The molecule has 0 unspecified atom stereocenters. The average Bonchev–Trinajstić information content (AvgIpc) is 3.49. The molecule has 2 aliphatic rings. The standard InChI is InChI=1S/C23H22FN5O3/c1-14-17-8-9-20(30)29(13-15-4-6-16(24)7-5-15)22(17)27-21(26-14)18-3-2-12-28(18)23(31)19-10-11-25-32-19/h4-7,10-11,18H,2-3,8-9,12-13H2,1H3/t18-/m1/s1. The summed E-state index contributed by atoms with van der Waals surface area (Å²) in [6, 6.07) is 7.34. The van der Waals surface area contributed by atoms with E-state index in [4.69, 9.17) is 14.5 Å². The van der Waals surface area contributed by atoms with Crippen LogP contribution in [0.2, 0.25) is 0 Å². The molecule has 1 fully saturated rings. The monoisotopic (exact) mass is 435 g/mol. The molecule has 8 nitrogen and oxygen atoms in total. The predicted octanol–water partition coefficient (Wildman–Crippen LogP) is 3.37. The fourth-order valence-corrected chi connectivity index (χ4v) is 4.43. The zero-order valence-corrected chi connectivity index (χ0v) is 17.6. The minimum absolute atomic E-state index is 0.0353. The van der Waals surface area contributed by atoms with Gasteiger partial charge < -0.3 is 9.42 Å². The Morgan fingerprint density at radius 1 is 1.19 bits per heavy atom. The van der Waals surface area contributed by atoms with E-state index in [0.717, 1.165) is 29.7 Å². The van der Waals surface area contributed by atoms with Crippen LogP contribution >= 0.6 is 0 Å². The van der Waals surface area contributed by atoms with E-state index in [1.54, 1.807) is 28.0 Å². The number of aryl methyl sites for hydroxylation is 1. The van der Waals surface area contributed by atoms with E-state index in [0.29, 0.717) is 37.6 Å². The van der Waals surface area contributed by atoms with Gasteiger partial charge in [-0.05, 0) is 43.9 Å². The zero-order valence-electron chi connectivity index (χ0n) is 17.6. The number of nitrogens with zero attached hydrogens (tertiary/aromatic N) is 5. The molecule has 5 rings (SSSR count). The summed E-state index contributed by atoms with van der Waals surface area (Å²) in [7, 11) is 0. The van der Waals surface area contributed by atoms with Crippen molar-refractivity contribution in [1.82, 2.24) is 20.0 Å². The molecule has 1 atom stereocenters. The van der Waals surface area contributed by atoms with Gasteiger partial charge in [-0.3, -0.25) is 14.5 Å². The molecule has 9 heteroatoms. The number of hydrogen-bond donors (Lipinski definition) is 0. The topological polar surface area (TPSA) is 92.4 Å². The Morgan fingerprint density at radius 2 is 2.00 bits per heavy atom. The number of hydrogen-bond acceptors (Lipinski definition) is 6. The molecule has 0 spiro atoms. The third kappa shape index (κ3) is 3.63. The lowest BCUT2D eigenvalue weighted by Crippen LogP contribution is -2.37. The van der Waals surface area contributed by atoms with Crippen LogP contribution in [0.3, 0.4) is 0 Å². The highest BCUT2D eigenvalue weighted by Gasteiger charge is 2.36. The van der Waals surface area contributed by atoms with Crippen molar-refractivity contribution in [2.75, 3.05) is 11.4 Å². The first-order valence-corrected chi connectivity index (χ1v) is 10.6. The Balaban J connectivity index is 1.50. The molecule has 2 aromatic heterocycles. The van der Waals surface area contributed by atoms with Crippen molar-refractivity contribution in [3.63, 3.8) is 0 Å². The highest BCUT2D eigenvalue weighted by atomic mass is 19.1. The van der Waals surface area contributed by atoms with Crippen LogP contribution in [0.25, 0.3) is 0 Å². The van der Waals surface area contributed by atoms with Crippen molar-refractivity contribution in [2.45, 2.75) is 45.2 Å². The van der Waals surface area contributed by atoms with E-state index >= 15 is 0 Å². The highest BCUT2D eigenvalue weighted by Crippen LogP contribution is 2.35. The number of rotatable bonds is 4. The first kappa shape index (κ1) is 20.3. The highest BCUT2D eigenvalue weighted by molar-refractivity contribution is 5.95. The van der Waals surface area contributed by atoms with Gasteiger partial charge in [0.2, 0.25) is 11.7 Å². The summed E-state index contributed by atoms with van der Waals surface area (Å²) in [5, 5.41) is 3.63. The van der Waals surface area contributed by atoms with Gasteiger partial charge in [0.05, 0.1) is 18.8 Å². The van der Waals surface area contributed by atoms with Crippen molar-refractivity contribution < 1.29 is 18.5 Å². The number of anilines is 1. The normalized spacial score (nSPS) is 18.2. The quantitative estimate of drug-likeness (QED) is 0.624. The maximum absolute atomic E-state index is 13.3. The average molecular weight is 435 g/mol. The Kier molecular flexibility index (Phi) is 5.16. The van der Waals surface area contributed by atoms with Gasteiger partial charge >= 0.3 is 0 Å². The molecule has 0 aliphatic carbocycles. The Bertz CT molecular complexity index is 1160. The van der Waals surface area contributed by atoms with E-state index in [9.17, 15) is 14.0 Å². The smallest absolute Gasteiger partial charge is 0.293 e. The second kappa shape index (κ2) is 8.14. The second-order valence-electron chi connectivity index (χ2n) is 8.11. The Hall–Kier alpha value is -3.62. The number of aromatic nitrogens is 3. The number of carbonyl (C=O) groups excluding carboxylic acids is 2. The van der Waals surface area contributed by atoms with Crippen molar-refractivity contribution >= 4 is 17.6 Å². The van der Waals surface area contributed by atoms with Crippen molar-refractivity contribution in [1.29, 1.82) is 0 Å². The number of amides is 2. The summed E-state index contributed by atoms with van der Waals surface area (Å²) in [5.41, 5.74) is 2.55. The summed E-state index contributed by atoms with van der Waals surface area (Å²) >= 11 is 0. The summed E-state index contributed by atoms with van der Waals surface area (Å²) in [4.78, 5) is 38.6. The first-order chi connectivity index (χ1) is 15.5. The van der Waals surface area contributed by atoms with Crippen LogP contribution in [-0.2, 0) is 17.8 Å². The van der Waals surface area contributed by atoms with Gasteiger partial charge in [0.15, 0.2) is 5.82 Å². The van der Waals surface area contributed by atoms with Crippen LogP contribution in [0.4, 0.5) is 10.2 Å². The maximum Gasteiger partial charge on any atom is 0.293 e. The molecule has 164 valence electrons. The molecule has 0 saturated carbocycles. The third-order valence-corrected chi connectivity index (χ3v) is 6.07. The van der Waals surface area contributed by atoms with E-state index in [1.165, 1.54) is 18.3 Å². The number of carbonyl (C=O) groups is 2. The molecule has 4 heterocycles. The second-order valence-corrected chi connectivity index (χ2v) is 8.11. The molecular formula is C23H22FN5O3. The van der Waals surface area contributed by atoms with Crippen LogP contribution in [0.1, 0.15) is 58.5 Å². The molecule has 0 radical (unpaired) electrons. The third-order valence-electron chi connectivity index (χ3n) is 6.07. The number of fused-ring (bicyclic) bond motifs is 1. The molecule has 1 aromatic carbocycles. The van der Waals surface area contributed by atoms with Crippen molar-refractivity contribution in [2.24, 2.45) is 0 Å². The lowest BCUT2D eigenvalue weighted by Gasteiger charge is -2.31.